The highest BCUT2D eigenvalue weighted by Crippen LogP contribution is 2.23. The Morgan fingerprint density at radius 3 is 2.46 bits per heavy atom. The highest BCUT2D eigenvalue weighted by molar-refractivity contribution is 7.90. The first-order valence-corrected chi connectivity index (χ1v) is 10.9. The van der Waals surface area contributed by atoms with Crippen LogP contribution in [0.15, 0.2) is 35.4 Å². The van der Waals surface area contributed by atoms with Crippen LogP contribution in [0.2, 0.25) is 0 Å². The molecule has 3 rings (SSSR count). The summed E-state index contributed by atoms with van der Waals surface area (Å²) < 4.78 is 23.2. The molecule has 1 aliphatic rings. The van der Waals surface area contributed by atoms with Gasteiger partial charge in [-0.25, -0.2) is 18.4 Å². The molecular formula is C18H24N6O3S. The average Bonchev–Trinajstić information content (AvgIpc) is 2.63. The van der Waals surface area contributed by atoms with Gasteiger partial charge in [-0.1, -0.05) is 12.8 Å². The maximum atomic E-state index is 11.7. The summed E-state index contributed by atoms with van der Waals surface area (Å²) in [4.78, 5) is 20.5. The molecule has 2 atom stereocenters. The van der Waals surface area contributed by atoms with E-state index >= 15 is 0 Å². The molecule has 1 aromatic carbocycles. The molecule has 1 heterocycles. The molecule has 0 saturated heterocycles. The van der Waals surface area contributed by atoms with E-state index < -0.39 is 15.7 Å². The van der Waals surface area contributed by atoms with Gasteiger partial charge in [0.25, 0.3) is 5.91 Å². The Hall–Kier alpha value is -2.72. The number of hydrogen-bond donors (Lipinski definition) is 4. The van der Waals surface area contributed by atoms with Crippen LogP contribution in [0.4, 0.5) is 17.3 Å². The second kappa shape index (κ2) is 8.11. The van der Waals surface area contributed by atoms with Crippen molar-refractivity contribution in [2.24, 2.45) is 11.5 Å². The summed E-state index contributed by atoms with van der Waals surface area (Å²) in [5, 5.41) is 6.26. The highest BCUT2D eigenvalue weighted by Gasteiger charge is 2.23. The lowest BCUT2D eigenvalue weighted by atomic mass is 9.91. The number of sulfone groups is 1. The van der Waals surface area contributed by atoms with Gasteiger partial charge in [0, 0.05) is 24.0 Å². The zero-order chi connectivity index (χ0) is 20.3. The van der Waals surface area contributed by atoms with Gasteiger partial charge in [-0.05, 0) is 37.1 Å². The van der Waals surface area contributed by atoms with Crippen LogP contribution in [0.25, 0.3) is 0 Å². The van der Waals surface area contributed by atoms with Crippen molar-refractivity contribution in [3.63, 3.8) is 0 Å². The zero-order valence-electron chi connectivity index (χ0n) is 15.6. The minimum atomic E-state index is -3.29. The van der Waals surface area contributed by atoms with Gasteiger partial charge in [0.05, 0.1) is 11.1 Å². The van der Waals surface area contributed by atoms with E-state index in [0.717, 1.165) is 31.9 Å². The summed E-state index contributed by atoms with van der Waals surface area (Å²) in [6, 6.07) is 6.23. The number of anilines is 3. The standard InChI is InChI=1S/C18H24N6O3S/c1-28(26,27)12-8-6-11(7-9-12)22-18-16(17(20)25)21-10-15(24-18)23-14-5-3-2-4-13(14)19/h6-10,13-14H,2-5,19H2,1H3,(H2,20,25)(H2,22,23,24)/t13-,14+/m0/s1. The minimum Gasteiger partial charge on any atom is -0.364 e. The Morgan fingerprint density at radius 2 is 1.86 bits per heavy atom. The molecule has 1 saturated carbocycles. The Balaban J connectivity index is 1.84. The van der Waals surface area contributed by atoms with Crippen LogP contribution in [0.5, 0.6) is 0 Å². The summed E-state index contributed by atoms with van der Waals surface area (Å²) in [7, 11) is -3.29. The van der Waals surface area contributed by atoms with Gasteiger partial charge in [-0.3, -0.25) is 4.79 Å². The number of benzene rings is 1. The number of carbonyl (C=O) groups excluding carboxylic acids is 1. The average molecular weight is 404 g/mol. The maximum absolute atomic E-state index is 11.7. The third-order valence-corrected chi connectivity index (χ3v) is 5.83. The number of carbonyl (C=O) groups is 1. The summed E-state index contributed by atoms with van der Waals surface area (Å²) in [5.41, 5.74) is 12.1. The van der Waals surface area contributed by atoms with Crippen LogP contribution in [-0.2, 0) is 9.84 Å². The molecule has 0 spiro atoms. The van der Waals surface area contributed by atoms with Crippen molar-refractivity contribution in [2.75, 3.05) is 16.9 Å². The molecular weight excluding hydrogens is 380 g/mol. The molecule has 150 valence electrons. The van der Waals surface area contributed by atoms with Crippen LogP contribution in [0.3, 0.4) is 0 Å². The van der Waals surface area contributed by atoms with Crippen molar-refractivity contribution >= 4 is 33.1 Å². The largest absolute Gasteiger partial charge is 0.364 e. The maximum Gasteiger partial charge on any atom is 0.271 e. The Bertz CT molecular complexity index is 962. The minimum absolute atomic E-state index is 0.00863. The molecule has 1 fully saturated rings. The fraction of sp³-hybridized carbons (Fsp3) is 0.389. The van der Waals surface area contributed by atoms with Crippen molar-refractivity contribution in [2.45, 2.75) is 42.7 Å². The third-order valence-electron chi connectivity index (χ3n) is 4.70. The van der Waals surface area contributed by atoms with E-state index in [1.807, 2.05) is 0 Å². The van der Waals surface area contributed by atoms with E-state index in [2.05, 4.69) is 20.6 Å². The van der Waals surface area contributed by atoms with E-state index in [1.54, 1.807) is 12.1 Å². The van der Waals surface area contributed by atoms with Crippen molar-refractivity contribution < 1.29 is 13.2 Å². The van der Waals surface area contributed by atoms with Crippen molar-refractivity contribution in [3.05, 3.63) is 36.2 Å². The number of amides is 1. The number of nitrogens with two attached hydrogens (primary N) is 2. The van der Waals surface area contributed by atoms with Gasteiger partial charge in [-0.2, -0.15) is 0 Å². The molecule has 0 unspecified atom stereocenters. The van der Waals surface area contributed by atoms with Crippen LogP contribution in [0, 0.1) is 0 Å². The summed E-state index contributed by atoms with van der Waals surface area (Å²) in [5.74, 6) is -0.0414. The summed E-state index contributed by atoms with van der Waals surface area (Å²) >= 11 is 0. The van der Waals surface area contributed by atoms with Crippen LogP contribution >= 0.6 is 0 Å². The van der Waals surface area contributed by atoms with Crippen LogP contribution < -0.4 is 22.1 Å². The second-order valence-corrected chi connectivity index (χ2v) is 8.95. The van der Waals surface area contributed by atoms with Crippen LogP contribution in [-0.4, -0.2) is 42.6 Å². The van der Waals surface area contributed by atoms with Crippen molar-refractivity contribution in [1.82, 2.24) is 9.97 Å². The van der Waals surface area contributed by atoms with Crippen LogP contribution in [0.1, 0.15) is 36.2 Å². The number of primary amides is 1. The number of aromatic nitrogens is 2. The van der Waals surface area contributed by atoms with E-state index in [9.17, 15) is 13.2 Å². The zero-order valence-corrected chi connectivity index (χ0v) is 16.4. The Morgan fingerprint density at radius 1 is 1.18 bits per heavy atom. The number of rotatable bonds is 6. The molecule has 2 aromatic rings. The molecule has 6 N–H and O–H groups in total. The monoisotopic (exact) mass is 404 g/mol. The molecule has 1 amide bonds. The van der Waals surface area contributed by atoms with Gasteiger partial charge >= 0.3 is 0 Å². The first-order valence-electron chi connectivity index (χ1n) is 9.00. The SMILES string of the molecule is CS(=O)(=O)c1ccc(Nc2nc(N[C@@H]3CCCC[C@@H]3N)cnc2C(N)=O)cc1. The fourth-order valence-electron chi connectivity index (χ4n) is 3.18. The Labute approximate surface area is 163 Å². The molecule has 1 aliphatic carbocycles. The first kappa shape index (κ1) is 20.0. The first-order chi connectivity index (χ1) is 13.2. The summed E-state index contributed by atoms with van der Waals surface area (Å²) in [6.07, 6.45) is 6.69. The molecule has 1 aromatic heterocycles. The quantitative estimate of drug-likeness (QED) is 0.563. The normalized spacial score (nSPS) is 19.8. The van der Waals surface area contributed by atoms with E-state index in [1.165, 1.54) is 18.3 Å². The van der Waals surface area contributed by atoms with Gasteiger partial charge in [-0.15, -0.1) is 0 Å². The van der Waals surface area contributed by atoms with E-state index in [4.69, 9.17) is 11.5 Å². The lowest BCUT2D eigenvalue weighted by Gasteiger charge is -2.29. The second-order valence-electron chi connectivity index (χ2n) is 6.94. The van der Waals surface area contributed by atoms with Gasteiger partial charge < -0.3 is 22.1 Å². The summed E-state index contributed by atoms with van der Waals surface area (Å²) in [6.45, 7) is 0. The predicted octanol–water partition coefficient (Wildman–Crippen LogP) is 1.40. The number of nitrogens with zero attached hydrogens (tertiary/aromatic N) is 2. The molecule has 9 nitrogen and oxygen atoms in total. The molecule has 0 radical (unpaired) electrons. The molecule has 0 aliphatic heterocycles. The fourth-order valence-corrected chi connectivity index (χ4v) is 3.81. The number of hydrogen-bond acceptors (Lipinski definition) is 8. The lowest BCUT2D eigenvalue weighted by molar-refractivity contribution is 0.0996. The van der Waals surface area contributed by atoms with Crippen molar-refractivity contribution in [1.29, 1.82) is 0 Å². The third kappa shape index (κ3) is 4.76. The van der Waals surface area contributed by atoms with E-state index in [0.29, 0.717) is 11.5 Å². The molecule has 0 bridgehead atoms. The smallest absolute Gasteiger partial charge is 0.271 e. The topological polar surface area (TPSA) is 153 Å². The number of nitrogens with one attached hydrogen (secondary N) is 2. The van der Waals surface area contributed by atoms with Gasteiger partial charge in [0.2, 0.25) is 0 Å². The Kier molecular flexibility index (Phi) is 5.80. The van der Waals surface area contributed by atoms with Crippen molar-refractivity contribution in [3.8, 4) is 0 Å². The highest BCUT2D eigenvalue weighted by atomic mass is 32.2. The molecule has 28 heavy (non-hydrogen) atoms. The van der Waals surface area contributed by atoms with Gasteiger partial charge in [0.15, 0.2) is 21.3 Å². The van der Waals surface area contributed by atoms with E-state index in [-0.39, 0.29) is 28.5 Å². The van der Waals surface area contributed by atoms with Gasteiger partial charge in [0.1, 0.15) is 5.82 Å². The lowest BCUT2D eigenvalue weighted by Crippen LogP contribution is -2.42. The predicted molar refractivity (Wildman–Crippen MR) is 107 cm³/mol. The molecule has 10 heteroatoms.